The van der Waals surface area contributed by atoms with Crippen LogP contribution in [0, 0.1) is 13.8 Å². The van der Waals surface area contributed by atoms with Crippen LogP contribution in [-0.4, -0.2) is 14.6 Å². The molecule has 0 saturated carbocycles. The number of azo groups is 1. The number of rotatable bonds is 2. The quantitative estimate of drug-likeness (QED) is 0.707. The van der Waals surface area contributed by atoms with Crippen molar-refractivity contribution in [3.8, 4) is 0 Å². The summed E-state index contributed by atoms with van der Waals surface area (Å²) in [6, 6.07) is 8.10. The van der Waals surface area contributed by atoms with Crippen LogP contribution < -0.4 is 5.73 Å². The molecule has 2 aromatic heterocycles. The topological polar surface area (TPSA) is 80.9 Å². The Balaban J connectivity index is 2.15. The number of anilines is 1. The number of alkyl halides is 3. The number of halogens is 3. The number of aromatic nitrogens is 3. The highest BCUT2D eigenvalue weighted by Crippen LogP contribution is 2.34. The van der Waals surface area contributed by atoms with E-state index in [1.165, 1.54) is 6.92 Å². The van der Waals surface area contributed by atoms with Crippen molar-refractivity contribution in [2.75, 3.05) is 5.73 Å². The highest BCUT2D eigenvalue weighted by Gasteiger charge is 2.35. The van der Waals surface area contributed by atoms with Crippen molar-refractivity contribution in [2.45, 2.75) is 20.0 Å². The summed E-state index contributed by atoms with van der Waals surface area (Å²) in [4.78, 5) is 4.07. The maximum atomic E-state index is 13.2. The lowest BCUT2D eigenvalue weighted by molar-refractivity contribution is -0.142. The van der Waals surface area contributed by atoms with Gasteiger partial charge in [-0.3, -0.25) is 0 Å². The highest BCUT2D eigenvalue weighted by atomic mass is 19.4. The Morgan fingerprint density at radius 3 is 2.54 bits per heavy atom. The fraction of sp³-hybridized carbons (Fsp3) is 0.200. The molecule has 0 aliphatic carbocycles. The molecule has 1 aromatic carbocycles. The van der Waals surface area contributed by atoms with Crippen LogP contribution >= 0.6 is 0 Å². The van der Waals surface area contributed by atoms with E-state index >= 15 is 0 Å². The van der Waals surface area contributed by atoms with Gasteiger partial charge in [0.05, 0.1) is 5.69 Å². The second-order valence-electron chi connectivity index (χ2n) is 5.29. The molecule has 3 aromatic rings. The fourth-order valence-corrected chi connectivity index (χ4v) is 2.24. The lowest BCUT2D eigenvalue weighted by atomic mass is 10.2. The van der Waals surface area contributed by atoms with Crippen molar-refractivity contribution in [2.24, 2.45) is 10.2 Å². The Kier molecular flexibility index (Phi) is 3.70. The normalized spacial score (nSPS) is 12.4. The second-order valence-corrected chi connectivity index (χ2v) is 5.29. The Morgan fingerprint density at radius 2 is 1.88 bits per heavy atom. The monoisotopic (exact) mass is 334 g/mol. The van der Waals surface area contributed by atoms with Gasteiger partial charge in [0.15, 0.2) is 17.2 Å². The number of benzene rings is 1. The Hall–Kier alpha value is -2.97. The number of hydrogen-bond acceptors (Lipinski definition) is 5. The highest BCUT2D eigenvalue weighted by molar-refractivity contribution is 5.75. The molecule has 0 aliphatic rings. The summed E-state index contributed by atoms with van der Waals surface area (Å²) < 4.78 is 40.1. The summed E-state index contributed by atoms with van der Waals surface area (Å²) >= 11 is 0. The first-order valence-electron chi connectivity index (χ1n) is 6.97. The largest absolute Gasteiger partial charge is 0.433 e. The average Bonchev–Trinajstić information content (AvgIpc) is 2.79. The van der Waals surface area contributed by atoms with Gasteiger partial charge in [0.2, 0.25) is 0 Å². The first-order valence-corrected chi connectivity index (χ1v) is 6.97. The minimum atomic E-state index is -4.59. The van der Waals surface area contributed by atoms with E-state index in [9.17, 15) is 13.2 Å². The summed E-state index contributed by atoms with van der Waals surface area (Å²) in [5.74, 6) is -0.171. The zero-order valence-electron chi connectivity index (χ0n) is 12.8. The van der Waals surface area contributed by atoms with E-state index in [2.05, 4.69) is 20.3 Å². The number of nitrogen functional groups attached to an aromatic ring is 1. The molecule has 0 bridgehead atoms. The molecule has 0 saturated heterocycles. The third-order valence-corrected chi connectivity index (χ3v) is 3.28. The van der Waals surface area contributed by atoms with Gasteiger partial charge in [-0.25, -0.2) is 9.50 Å². The number of nitrogens with zero attached hydrogens (tertiary/aromatic N) is 5. The predicted octanol–water partition coefficient (Wildman–Crippen LogP) is 4.36. The van der Waals surface area contributed by atoms with Gasteiger partial charge >= 0.3 is 6.18 Å². The third-order valence-electron chi connectivity index (χ3n) is 3.28. The zero-order valence-corrected chi connectivity index (χ0v) is 12.8. The van der Waals surface area contributed by atoms with Gasteiger partial charge < -0.3 is 5.73 Å². The molecule has 0 radical (unpaired) electrons. The van der Waals surface area contributed by atoms with Crippen LogP contribution in [0.5, 0.6) is 0 Å². The van der Waals surface area contributed by atoms with Gasteiger partial charge in [0.25, 0.3) is 0 Å². The van der Waals surface area contributed by atoms with Crippen LogP contribution in [-0.2, 0) is 6.18 Å². The molecule has 2 heterocycles. The summed E-state index contributed by atoms with van der Waals surface area (Å²) in [6.45, 7) is 3.35. The second kappa shape index (κ2) is 5.59. The third kappa shape index (κ3) is 2.92. The standard InChI is InChI=1S/C15H13F3N6/c1-8-4-3-5-10(6-8)21-22-12-13(19)23-24-11(15(16,17)18)7-9(2)20-14(12)24/h3-7H,1-2H3,(H2,19,23). The molecule has 0 spiro atoms. The van der Waals surface area contributed by atoms with Crippen LogP contribution in [0.3, 0.4) is 0 Å². The maximum absolute atomic E-state index is 13.2. The van der Waals surface area contributed by atoms with Gasteiger partial charge in [0, 0.05) is 5.69 Å². The van der Waals surface area contributed by atoms with Gasteiger partial charge in [-0.15, -0.1) is 10.2 Å². The summed E-state index contributed by atoms with van der Waals surface area (Å²) in [5, 5.41) is 11.7. The van der Waals surface area contributed by atoms with E-state index in [1.54, 1.807) is 18.2 Å². The molecular weight excluding hydrogens is 321 g/mol. The lowest BCUT2D eigenvalue weighted by Gasteiger charge is -2.09. The summed E-state index contributed by atoms with van der Waals surface area (Å²) in [5.41, 5.74) is 6.39. The minimum Gasteiger partial charge on any atom is -0.380 e. The first-order chi connectivity index (χ1) is 11.3. The Morgan fingerprint density at radius 1 is 1.12 bits per heavy atom. The molecule has 2 N–H and O–H groups in total. The molecule has 3 rings (SSSR count). The van der Waals surface area contributed by atoms with Gasteiger partial charge in [0.1, 0.15) is 5.69 Å². The molecule has 0 aliphatic heterocycles. The van der Waals surface area contributed by atoms with E-state index in [-0.39, 0.29) is 22.8 Å². The SMILES string of the molecule is Cc1cccc(N=Nc2c(N)nn3c(C(F)(F)F)cc(C)nc23)c1. The van der Waals surface area contributed by atoms with Crippen LogP contribution in [0.15, 0.2) is 40.6 Å². The molecule has 24 heavy (non-hydrogen) atoms. The summed E-state index contributed by atoms with van der Waals surface area (Å²) in [6.07, 6.45) is -4.59. The first kappa shape index (κ1) is 15.9. The molecule has 0 amide bonds. The van der Waals surface area contributed by atoms with E-state index in [0.29, 0.717) is 10.2 Å². The molecular formula is C15H13F3N6. The van der Waals surface area contributed by atoms with Crippen LogP contribution in [0.2, 0.25) is 0 Å². The van der Waals surface area contributed by atoms with Gasteiger partial charge in [-0.05, 0) is 37.6 Å². The number of fused-ring (bicyclic) bond motifs is 1. The maximum Gasteiger partial charge on any atom is 0.433 e. The van der Waals surface area contributed by atoms with Crippen molar-refractivity contribution in [1.82, 2.24) is 14.6 Å². The van der Waals surface area contributed by atoms with Crippen molar-refractivity contribution < 1.29 is 13.2 Å². The van der Waals surface area contributed by atoms with Crippen molar-refractivity contribution in [3.05, 3.63) is 47.3 Å². The van der Waals surface area contributed by atoms with Crippen molar-refractivity contribution >= 4 is 22.8 Å². The lowest BCUT2D eigenvalue weighted by Crippen LogP contribution is -2.13. The van der Waals surface area contributed by atoms with Crippen molar-refractivity contribution in [1.29, 1.82) is 0 Å². The molecule has 0 atom stereocenters. The van der Waals surface area contributed by atoms with Crippen LogP contribution in [0.1, 0.15) is 17.0 Å². The van der Waals surface area contributed by atoms with Crippen molar-refractivity contribution in [3.63, 3.8) is 0 Å². The molecule has 0 fully saturated rings. The van der Waals surface area contributed by atoms with E-state index in [0.717, 1.165) is 11.6 Å². The van der Waals surface area contributed by atoms with Crippen LogP contribution in [0.25, 0.3) is 5.65 Å². The van der Waals surface area contributed by atoms with E-state index in [4.69, 9.17) is 5.73 Å². The fourth-order valence-electron chi connectivity index (χ4n) is 2.24. The van der Waals surface area contributed by atoms with E-state index in [1.807, 2.05) is 13.0 Å². The molecule has 124 valence electrons. The smallest absolute Gasteiger partial charge is 0.380 e. The Bertz CT molecular complexity index is 942. The average molecular weight is 334 g/mol. The van der Waals surface area contributed by atoms with E-state index < -0.39 is 11.9 Å². The minimum absolute atomic E-state index is 0.00528. The number of hydrogen-bond donors (Lipinski definition) is 1. The van der Waals surface area contributed by atoms with Crippen LogP contribution in [0.4, 0.5) is 30.4 Å². The molecule has 0 unspecified atom stereocenters. The molecule has 9 heteroatoms. The molecule has 6 nitrogen and oxygen atoms in total. The van der Waals surface area contributed by atoms with Gasteiger partial charge in [-0.2, -0.15) is 18.3 Å². The summed E-state index contributed by atoms with van der Waals surface area (Å²) in [7, 11) is 0. The zero-order chi connectivity index (χ0) is 17.5. The predicted molar refractivity (Wildman–Crippen MR) is 82.5 cm³/mol. The Labute approximate surface area is 134 Å². The number of aryl methyl sites for hydroxylation is 2. The van der Waals surface area contributed by atoms with Gasteiger partial charge in [-0.1, -0.05) is 12.1 Å². The number of nitrogens with two attached hydrogens (primary N) is 1.